The normalized spacial score (nSPS) is 11.6. The third-order valence-corrected chi connectivity index (χ3v) is 4.80. The maximum absolute atomic E-state index is 12.5. The van der Waals surface area contributed by atoms with Crippen molar-refractivity contribution >= 4 is 21.5 Å². The number of nitrogen functional groups attached to an aromatic ring is 2. The van der Waals surface area contributed by atoms with Crippen molar-refractivity contribution in [1.82, 2.24) is 0 Å². The Labute approximate surface area is 131 Å². The third kappa shape index (κ3) is 3.33. The van der Waals surface area contributed by atoms with Gasteiger partial charge in [0.15, 0.2) is 0 Å². The Hall–Kier alpha value is -2.21. The summed E-state index contributed by atoms with van der Waals surface area (Å²) >= 11 is 0. The summed E-state index contributed by atoms with van der Waals surface area (Å²) in [4.78, 5) is 0.161. The van der Waals surface area contributed by atoms with Crippen LogP contribution in [0, 0.1) is 6.92 Å². The van der Waals surface area contributed by atoms with E-state index in [1.54, 1.807) is 19.1 Å². The lowest BCUT2D eigenvalue weighted by molar-refractivity contribution is 0.485. The Morgan fingerprint density at radius 2 is 1.68 bits per heavy atom. The Kier molecular flexibility index (Phi) is 4.32. The van der Waals surface area contributed by atoms with E-state index in [9.17, 15) is 8.42 Å². The van der Waals surface area contributed by atoms with Gasteiger partial charge in [-0.15, -0.1) is 0 Å². The van der Waals surface area contributed by atoms with Crippen LogP contribution in [-0.2, 0) is 10.1 Å². The summed E-state index contributed by atoms with van der Waals surface area (Å²) in [7, 11) is -3.93. The average molecular weight is 320 g/mol. The molecule has 0 spiro atoms. The van der Waals surface area contributed by atoms with Gasteiger partial charge in [0.2, 0.25) is 0 Å². The van der Waals surface area contributed by atoms with Crippen molar-refractivity contribution in [3.8, 4) is 5.75 Å². The van der Waals surface area contributed by atoms with Crippen LogP contribution in [-0.4, -0.2) is 8.42 Å². The van der Waals surface area contributed by atoms with Crippen molar-refractivity contribution in [2.75, 3.05) is 11.5 Å². The molecule has 0 unspecified atom stereocenters. The molecule has 0 saturated heterocycles. The second-order valence-electron chi connectivity index (χ2n) is 5.51. The zero-order chi connectivity index (χ0) is 16.5. The lowest BCUT2D eigenvalue weighted by Gasteiger charge is -2.13. The van der Waals surface area contributed by atoms with E-state index in [1.807, 2.05) is 19.9 Å². The molecule has 0 amide bonds. The zero-order valence-electron chi connectivity index (χ0n) is 12.8. The molecule has 0 radical (unpaired) electrons. The van der Waals surface area contributed by atoms with Gasteiger partial charge in [-0.25, -0.2) is 0 Å². The number of hydrogen-bond donors (Lipinski definition) is 2. The number of rotatable bonds is 4. The minimum atomic E-state index is -3.93. The molecule has 0 heterocycles. The highest BCUT2D eigenvalue weighted by Crippen LogP contribution is 2.27. The summed E-state index contributed by atoms with van der Waals surface area (Å²) < 4.78 is 30.2. The molecule has 4 N–H and O–H groups in total. The van der Waals surface area contributed by atoms with E-state index in [0.29, 0.717) is 11.3 Å². The summed E-state index contributed by atoms with van der Waals surface area (Å²) in [6.45, 7) is 5.74. The second-order valence-corrected chi connectivity index (χ2v) is 7.02. The summed E-state index contributed by atoms with van der Waals surface area (Å²) in [6, 6.07) is 9.73. The maximum atomic E-state index is 12.5. The van der Waals surface area contributed by atoms with E-state index in [-0.39, 0.29) is 22.3 Å². The van der Waals surface area contributed by atoms with Gasteiger partial charge in [-0.2, -0.15) is 8.42 Å². The van der Waals surface area contributed by atoms with Crippen molar-refractivity contribution in [1.29, 1.82) is 0 Å². The van der Waals surface area contributed by atoms with E-state index in [1.165, 1.54) is 18.2 Å². The third-order valence-electron chi connectivity index (χ3n) is 3.41. The van der Waals surface area contributed by atoms with Crippen LogP contribution in [0.2, 0.25) is 0 Å². The van der Waals surface area contributed by atoms with E-state index in [0.717, 1.165) is 5.56 Å². The van der Waals surface area contributed by atoms with Gasteiger partial charge in [0, 0.05) is 6.07 Å². The molecule has 118 valence electrons. The van der Waals surface area contributed by atoms with Gasteiger partial charge >= 0.3 is 10.1 Å². The molecule has 6 heteroatoms. The van der Waals surface area contributed by atoms with E-state index in [4.69, 9.17) is 15.7 Å². The lowest BCUT2D eigenvalue weighted by Crippen LogP contribution is -2.12. The van der Waals surface area contributed by atoms with Crippen molar-refractivity contribution in [3.63, 3.8) is 0 Å². The van der Waals surface area contributed by atoms with Crippen LogP contribution in [0.5, 0.6) is 5.75 Å². The highest BCUT2D eigenvalue weighted by molar-refractivity contribution is 7.87. The van der Waals surface area contributed by atoms with Crippen molar-refractivity contribution in [2.45, 2.75) is 31.6 Å². The number of hydrogen-bond acceptors (Lipinski definition) is 5. The maximum Gasteiger partial charge on any atom is 0.339 e. The largest absolute Gasteiger partial charge is 0.397 e. The van der Waals surface area contributed by atoms with Crippen LogP contribution in [0.4, 0.5) is 11.4 Å². The summed E-state index contributed by atoms with van der Waals surface area (Å²) in [6.07, 6.45) is 0. The Morgan fingerprint density at radius 3 is 2.27 bits per heavy atom. The fourth-order valence-corrected chi connectivity index (χ4v) is 3.21. The molecule has 0 aliphatic carbocycles. The molecule has 2 rings (SSSR count). The smallest absolute Gasteiger partial charge is 0.339 e. The minimum Gasteiger partial charge on any atom is -0.397 e. The standard InChI is InChI=1S/C16H20N2O3S/c1-10(2)12-5-4-11(3)16(8-12)22(19,20)21-13-6-7-14(17)15(18)9-13/h4-10H,17-18H2,1-3H3. The predicted octanol–water partition coefficient (Wildman–Crippen LogP) is 3.05. The van der Waals surface area contributed by atoms with Crippen LogP contribution in [0.15, 0.2) is 41.3 Å². The monoisotopic (exact) mass is 320 g/mol. The highest BCUT2D eigenvalue weighted by atomic mass is 32.2. The molecule has 5 nitrogen and oxygen atoms in total. The quantitative estimate of drug-likeness (QED) is 0.667. The second kappa shape index (κ2) is 5.88. The van der Waals surface area contributed by atoms with E-state index >= 15 is 0 Å². The molecule has 0 aliphatic heterocycles. The topological polar surface area (TPSA) is 95.4 Å². The average Bonchev–Trinajstić information content (AvgIpc) is 2.42. The van der Waals surface area contributed by atoms with Crippen LogP contribution < -0.4 is 15.7 Å². The molecule has 0 saturated carbocycles. The summed E-state index contributed by atoms with van der Waals surface area (Å²) in [5.74, 6) is 0.364. The lowest BCUT2D eigenvalue weighted by atomic mass is 10.0. The minimum absolute atomic E-state index is 0.140. The van der Waals surface area contributed by atoms with E-state index in [2.05, 4.69) is 0 Å². The van der Waals surface area contributed by atoms with Gasteiger partial charge in [-0.1, -0.05) is 26.0 Å². The number of benzene rings is 2. The fraction of sp³-hybridized carbons (Fsp3) is 0.250. The first-order chi connectivity index (χ1) is 10.2. The molecule has 22 heavy (non-hydrogen) atoms. The molecular formula is C16H20N2O3S. The SMILES string of the molecule is Cc1ccc(C(C)C)cc1S(=O)(=O)Oc1ccc(N)c(N)c1. The van der Waals surface area contributed by atoms with Gasteiger partial charge in [0.05, 0.1) is 11.4 Å². The summed E-state index contributed by atoms with van der Waals surface area (Å²) in [5, 5.41) is 0. The van der Waals surface area contributed by atoms with Crippen LogP contribution in [0.3, 0.4) is 0 Å². The van der Waals surface area contributed by atoms with Crippen molar-refractivity contribution in [2.24, 2.45) is 0 Å². The molecule has 0 atom stereocenters. The summed E-state index contributed by atoms with van der Waals surface area (Å²) in [5.41, 5.74) is 13.5. The molecule has 2 aromatic rings. The molecule has 0 aliphatic rings. The number of anilines is 2. The molecule has 0 bridgehead atoms. The molecule has 2 aromatic carbocycles. The van der Waals surface area contributed by atoms with Crippen molar-refractivity contribution < 1.29 is 12.6 Å². The zero-order valence-corrected chi connectivity index (χ0v) is 13.6. The van der Waals surface area contributed by atoms with Gasteiger partial charge in [0.1, 0.15) is 10.6 Å². The molecular weight excluding hydrogens is 300 g/mol. The van der Waals surface area contributed by atoms with Gasteiger partial charge < -0.3 is 15.7 Å². The highest BCUT2D eigenvalue weighted by Gasteiger charge is 2.20. The number of nitrogens with two attached hydrogens (primary N) is 2. The van der Waals surface area contributed by atoms with Gasteiger partial charge in [-0.05, 0) is 42.2 Å². The van der Waals surface area contributed by atoms with Crippen LogP contribution in [0.25, 0.3) is 0 Å². The molecule has 0 fully saturated rings. The first-order valence-electron chi connectivity index (χ1n) is 6.91. The first-order valence-corrected chi connectivity index (χ1v) is 8.31. The van der Waals surface area contributed by atoms with E-state index < -0.39 is 10.1 Å². The van der Waals surface area contributed by atoms with Gasteiger partial charge in [0.25, 0.3) is 0 Å². The van der Waals surface area contributed by atoms with Crippen LogP contribution in [0.1, 0.15) is 30.9 Å². The first kappa shape index (κ1) is 16.2. The Bertz CT molecular complexity index is 799. The fourth-order valence-electron chi connectivity index (χ4n) is 2.02. The molecule has 0 aromatic heterocycles. The predicted molar refractivity (Wildman–Crippen MR) is 88.3 cm³/mol. The van der Waals surface area contributed by atoms with Crippen molar-refractivity contribution in [3.05, 3.63) is 47.5 Å². The Morgan fingerprint density at radius 1 is 1.00 bits per heavy atom. The van der Waals surface area contributed by atoms with Gasteiger partial charge in [-0.3, -0.25) is 0 Å². The van der Waals surface area contributed by atoms with Crippen LogP contribution >= 0.6 is 0 Å². The number of aryl methyl sites for hydroxylation is 1. The Balaban J connectivity index is 2.42.